The van der Waals surface area contributed by atoms with E-state index in [1.807, 2.05) is 0 Å². The minimum atomic E-state index is 0.524. The van der Waals surface area contributed by atoms with Crippen molar-refractivity contribution in [3.63, 3.8) is 0 Å². The summed E-state index contributed by atoms with van der Waals surface area (Å²) in [5.74, 6) is 6.12. The highest BCUT2D eigenvalue weighted by Gasteiger charge is 2.22. The quantitative estimate of drug-likeness (QED) is 0.450. The summed E-state index contributed by atoms with van der Waals surface area (Å²) in [6, 6.07) is 0. The van der Waals surface area contributed by atoms with Crippen LogP contribution in [0.1, 0.15) is 12.5 Å². The Labute approximate surface area is 92.8 Å². The maximum atomic E-state index is 5.40. The Bertz CT molecular complexity index is 343. The maximum absolute atomic E-state index is 5.40. The zero-order valence-corrected chi connectivity index (χ0v) is 9.38. The second-order valence-corrected chi connectivity index (χ2v) is 4.57. The molecule has 0 radical (unpaired) electrons. The first-order valence-corrected chi connectivity index (χ1v) is 5.78. The van der Waals surface area contributed by atoms with Crippen LogP contribution in [0.4, 0.5) is 5.82 Å². The van der Waals surface area contributed by atoms with Gasteiger partial charge in [-0.25, -0.2) is 15.8 Å². The molecule has 0 aliphatic carbocycles. The van der Waals surface area contributed by atoms with Crippen LogP contribution in [0.15, 0.2) is 11.4 Å². The fourth-order valence-electron chi connectivity index (χ4n) is 1.38. The number of hydrogen-bond donors (Lipinski definition) is 2. The molecular formula is C9H14N4OS. The van der Waals surface area contributed by atoms with Gasteiger partial charge in [0.05, 0.1) is 18.5 Å². The molecule has 2 rings (SSSR count). The summed E-state index contributed by atoms with van der Waals surface area (Å²) in [5.41, 5.74) is 3.68. The number of aromatic nitrogens is 2. The van der Waals surface area contributed by atoms with Crippen LogP contribution in [0.2, 0.25) is 0 Å². The highest BCUT2D eigenvalue weighted by Crippen LogP contribution is 2.31. The molecule has 5 nitrogen and oxygen atoms in total. The third-order valence-electron chi connectivity index (χ3n) is 2.28. The summed E-state index contributed by atoms with van der Waals surface area (Å²) in [7, 11) is 0. The van der Waals surface area contributed by atoms with E-state index >= 15 is 0 Å². The van der Waals surface area contributed by atoms with Gasteiger partial charge < -0.3 is 10.2 Å². The molecule has 1 aliphatic heterocycles. The Morgan fingerprint density at radius 3 is 2.93 bits per heavy atom. The first-order valence-electron chi connectivity index (χ1n) is 4.90. The molecule has 1 aromatic heterocycles. The van der Waals surface area contributed by atoms with E-state index < -0.39 is 0 Å². The van der Waals surface area contributed by atoms with Gasteiger partial charge in [-0.1, -0.05) is 18.7 Å². The van der Waals surface area contributed by atoms with Crippen molar-refractivity contribution in [2.75, 3.05) is 18.6 Å². The number of thioether (sulfide) groups is 1. The van der Waals surface area contributed by atoms with Gasteiger partial charge in [0.25, 0.3) is 0 Å². The number of hydrazine groups is 1. The van der Waals surface area contributed by atoms with Gasteiger partial charge >= 0.3 is 0 Å². The van der Waals surface area contributed by atoms with Crippen LogP contribution in [0.3, 0.4) is 0 Å². The molecule has 2 heterocycles. The molecule has 0 unspecified atom stereocenters. The fraction of sp³-hybridized carbons (Fsp3) is 0.556. The second kappa shape index (κ2) is 4.78. The highest BCUT2D eigenvalue weighted by molar-refractivity contribution is 8.00. The normalized spacial score (nSPS) is 16.1. The second-order valence-electron chi connectivity index (χ2n) is 3.28. The molecule has 1 saturated heterocycles. The van der Waals surface area contributed by atoms with Crippen molar-refractivity contribution < 1.29 is 4.74 Å². The molecule has 0 saturated carbocycles. The van der Waals surface area contributed by atoms with E-state index in [0.29, 0.717) is 5.25 Å². The summed E-state index contributed by atoms with van der Waals surface area (Å²) in [6.07, 6.45) is 2.41. The van der Waals surface area contributed by atoms with E-state index in [4.69, 9.17) is 10.6 Å². The molecule has 0 spiro atoms. The van der Waals surface area contributed by atoms with E-state index in [-0.39, 0.29) is 0 Å². The van der Waals surface area contributed by atoms with Gasteiger partial charge in [-0.05, 0) is 6.42 Å². The van der Waals surface area contributed by atoms with Crippen LogP contribution in [0.25, 0.3) is 0 Å². The number of hydrogen-bond acceptors (Lipinski definition) is 6. The van der Waals surface area contributed by atoms with Crippen LogP contribution in [-0.4, -0.2) is 28.4 Å². The minimum Gasteiger partial charge on any atom is -0.379 e. The Kier molecular flexibility index (Phi) is 3.40. The summed E-state index contributed by atoms with van der Waals surface area (Å²) < 4.78 is 5.13. The molecule has 82 valence electrons. The molecule has 0 amide bonds. The number of rotatable bonds is 4. The van der Waals surface area contributed by atoms with Gasteiger partial charge in [0.2, 0.25) is 0 Å². The zero-order valence-electron chi connectivity index (χ0n) is 8.56. The summed E-state index contributed by atoms with van der Waals surface area (Å²) in [4.78, 5) is 8.37. The van der Waals surface area contributed by atoms with Crippen LogP contribution in [-0.2, 0) is 11.2 Å². The molecule has 1 aromatic rings. The fourth-order valence-corrected chi connectivity index (χ4v) is 2.52. The number of nitrogen functional groups attached to an aromatic ring is 1. The molecule has 0 atom stereocenters. The topological polar surface area (TPSA) is 73.1 Å². The van der Waals surface area contributed by atoms with Gasteiger partial charge in [0.1, 0.15) is 17.2 Å². The molecule has 3 N–H and O–H groups in total. The van der Waals surface area contributed by atoms with Gasteiger partial charge in [-0.2, -0.15) is 0 Å². The van der Waals surface area contributed by atoms with Crippen molar-refractivity contribution >= 4 is 17.6 Å². The van der Waals surface area contributed by atoms with Crippen molar-refractivity contribution in [2.24, 2.45) is 5.84 Å². The van der Waals surface area contributed by atoms with Crippen LogP contribution < -0.4 is 11.3 Å². The Morgan fingerprint density at radius 2 is 2.40 bits per heavy atom. The summed E-state index contributed by atoms with van der Waals surface area (Å²) in [5, 5.41) is 1.53. The molecule has 0 bridgehead atoms. The molecule has 1 fully saturated rings. The van der Waals surface area contributed by atoms with E-state index in [9.17, 15) is 0 Å². The molecule has 15 heavy (non-hydrogen) atoms. The number of nitrogens with two attached hydrogens (primary N) is 1. The largest absolute Gasteiger partial charge is 0.379 e. The molecular weight excluding hydrogens is 212 g/mol. The number of ether oxygens (including phenoxy) is 1. The van der Waals surface area contributed by atoms with E-state index in [2.05, 4.69) is 22.3 Å². The van der Waals surface area contributed by atoms with Gasteiger partial charge in [0, 0.05) is 5.56 Å². The lowest BCUT2D eigenvalue weighted by Gasteiger charge is -2.25. The van der Waals surface area contributed by atoms with Crippen molar-refractivity contribution in [3.8, 4) is 0 Å². The van der Waals surface area contributed by atoms with E-state index in [1.54, 1.807) is 11.8 Å². The Balaban J connectivity index is 2.20. The smallest absolute Gasteiger partial charge is 0.147 e. The number of anilines is 1. The highest BCUT2D eigenvalue weighted by atomic mass is 32.2. The standard InChI is InChI=1S/C9H14N4OS/c1-2-7-8(13-10)11-5-12-9(7)15-6-3-14-4-6/h5-6H,2-4,10H2,1H3,(H,11,12,13). The van der Waals surface area contributed by atoms with Gasteiger partial charge in [-0.15, -0.1) is 0 Å². The third kappa shape index (κ3) is 2.22. The van der Waals surface area contributed by atoms with Crippen molar-refractivity contribution in [1.82, 2.24) is 9.97 Å². The Hall–Kier alpha value is -0.850. The van der Waals surface area contributed by atoms with Crippen LogP contribution >= 0.6 is 11.8 Å². The monoisotopic (exact) mass is 226 g/mol. The van der Waals surface area contributed by atoms with Gasteiger partial charge in [0.15, 0.2) is 0 Å². The minimum absolute atomic E-state index is 0.524. The molecule has 0 aromatic carbocycles. The lowest BCUT2D eigenvalue weighted by atomic mass is 10.2. The number of nitrogens with one attached hydrogen (secondary N) is 1. The summed E-state index contributed by atoms with van der Waals surface area (Å²) in [6.45, 7) is 3.69. The van der Waals surface area contributed by atoms with Crippen LogP contribution in [0.5, 0.6) is 0 Å². The molecule has 1 aliphatic rings. The molecule has 6 heteroatoms. The number of nitrogens with zero attached hydrogens (tertiary/aromatic N) is 2. The van der Waals surface area contributed by atoms with Gasteiger partial charge in [-0.3, -0.25) is 0 Å². The average molecular weight is 226 g/mol. The van der Waals surface area contributed by atoms with Crippen molar-refractivity contribution in [1.29, 1.82) is 0 Å². The van der Waals surface area contributed by atoms with Crippen molar-refractivity contribution in [3.05, 3.63) is 11.9 Å². The maximum Gasteiger partial charge on any atom is 0.147 e. The summed E-state index contributed by atoms with van der Waals surface area (Å²) >= 11 is 1.74. The zero-order chi connectivity index (χ0) is 10.7. The van der Waals surface area contributed by atoms with E-state index in [0.717, 1.165) is 36.0 Å². The first kappa shape index (κ1) is 10.7. The predicted octanol–water partition coefficient (Wildman–Crippen LogP) is 0.815. The third-order valence-corrected chi connectivity index (χ3v) is 3.46. The predicted molar refractivity (Wildman–Crippen MR) is 59.7 cm³/mol. The Morgan fingerprint density at radius 1 is 1.60 bits per heavy atom. The SMILES string of the molecule is CCc1c(NN)ncnc1SC1COC1. The van der Waals surface area contributed by atoms with E-state index in [1.165, 1.54) is 6.33 Å². The first-order chi connectivity index (χ1) is 7.35. The van der Waals surface area contributed by atoms with Crippen molar-refractivity contribution in [2.45, 2.75) is 23.6 Å². The average Bonchev–Trinajstić information content (AvgIpc) is 2.22. The lowest BCUT2D eigenvalue weighted by molar-refractivity contribution is 0.0454. The lowest BCUT2D eigenvalue weighted by Crippen LogP contribution is -2.30. The van der Waals surface area contributed by atoms with Crippen LogP contribution in [0, 0.1) is 0 Å².